The minimum Gasteiger partial charge on any atom is -0.497 e. The number of fused-ring (bicyclic) bond motifs is 1. The molecule has 0 spiro atoms. The largest absolute Gasteiger partial charge is 0.497 e. The van der Waals surface area contributed by atoms with Crippen molar-refractivity contribution in [2.75, 3.05) is 25.6 Å². The fraction of sp³-hybridized carbons (Fsp3) is 0.350. The summed E-state index contributed by atoms with van der Waals surface area (Å²) in [6.45, 7) is 1.29. The van der Waals surface area contributed by atoms with Gasteiger partial charge in [-0.3, -0.25) is 4.79 Å². The van der Waals surface area contributed by atoms with Crippen molar-refractivity contribution in [3.8, 4) is 5.75 Å². The van der Waals surface area contributed by atoms with E-state index in [2.05, 4.69) is 5.32 Å². The molecule has 2 aliphatic heterocycles. The summed E-state index contributed by atoms with van der Waals surface area (Å²) in [7, 11) is 1.60. The van der Waals surface area contributed by atoms with E-state index in [-0.39, 0.29) is 18.2 Å². The number of nitrogens with one attached hydrogen (secondary N) is 1. The van der Waals surface area contributed by atoms with Gasteiger partial charge in [-0.2, -0.15) is 0 Å². The van der Waals surface area contributed by atoms with Crippen LogP contribution in [0.15, 0.2) is 42.5 Å². The summed E-state index contributed by atoms with van der Waals surface area (Å²) in [5.74, 6) is 0.679. The molecule has 1 N–H and O–H groups in total. The lowest BCUT2D eigenvalue weighted by Crippen LogP contribution is -2.46. The third kappa shape index (κ3) is 3.13. The van der Waals surface area contributed by atoms with E-state index in [9.17, 15) is 4.79 Å². The van der Waals surface area contributed by atoms with Gasteiger partial charge >= 0.3 is 0 Å². The van der Waals surface area contributed by atoms with Crippen molar-refractivity contribution in [3.63, 3.8) is 0 Å². The monoisotopic (exact) mass is 372 g/mol. The Bertz CT molecular complexity index is 820. The molecule has 0 radical (unpaired) electrons. The van der Waals surface area contributed by atoms with Crippen LogP contribution in [0.25, 0.3) is 0 Å². The van der Waals surface area contributed by atoms with Crippen LogP contribution in [0.4, 0.5) is 5.69 Å². The van der Waals surface area contributed by atoms with Crippen LogP contribution in [-0.2, 0) is 4.74 Å². The maximum atomic E-state index is 13.2. The maximum Gasteiger partial charge on any atom is 0.257 e. The Hall–Kier alpha value is -2.24. The minimum atomic E-state index is -0.347. The molecule has 2 aromatic carbocycles. The van der Waals surface area contributed by atoms with Crippen molar-refractivity contribution in [3.05, 3.63) is 58.6 Å². The zero-order chi connectivity index (χ0) is 18.1. The molecule has 26 heavy (non-hydrogen) atoms. The minimum absolute atomic E-state index is 0.00765. The van der Waals surface area contributed by atoms with Gasteiger partial charge in [-0.1, -0.05) is 23.7 Å². The number of hydrogen-bond acceptors (Lipinski definition) is 4. The van der Waals surface area contributed by atoms with Crippen molar-refractivity contribution in [2.45, 2.75) is 25.1 Å². The SMILES string of the molecule is COc1ccc([C@@H]2Nc3ccccc3C(=O)N2C[C@H]2CCCO2)c(Cl)c1. The number of carbonyl (C=O) groups excluding carboxylic acids is 1. The number of ether oxygens (including phenoxy) is 2. The molecular formula is C20H21ClN2O3. The van der Waals surface area contributed by atoms with E-state index in [1.54, 1.807) is 13.2 Å². The Kier molecular flexibility index (Phi) is 4.74. The predicted molar refractivity (Wildman–Crippen MR) is 101 cm³/mol. The highest BCUT2D eigenvalue weighted by Crippen LogP contribution is 2.37. The van der Waals surface area contributed by atoms with E-state index in [1.165, 1.54) is 0 Å². The summed E-state index contributed by atoms with van der Waals surface area (Å²) < 4.78 is 11.0. The first-order valence-electron chi connectivity index (χ1n) is 8.79. The highest BCUT2D eigenvalue weighted by Gasteiger charge is 2.36. The number of halogens is 1. The number of rotatable bonds is 4. The van der Waals surface area contributed by atoms with E-state index in [4.69, 9.17) is 21.1 Å². The Morgan fingerprint density at radius 2 is 2.15 bits per heavy atom. The zero-order valence-corrected chi connectivity index (χ0v) is 15.3. The average molecular weight is 373 g/mol. The van der Waals surface area contributed by atoms with Crippen LogP contribution < -0.4 is 10.1 Å². The van der Waals surface area contributed by atoms with Crippen molar-refractivity contribution in [1.29, 1.82) is 0 Å². The van der Waals surface area contributed by atoms with Gasteiger partial charge in [0.05, 0.1) is 23.8 Å². The standard InChI is InChI=1S/C20H21ClN2O3/c1-25-13-8-9-15(17(21)11-13)19-22-18-7-3-2-6-16(18)20(24)23(19)12-14-5-4-10-26-14/h2-3,6-9,11,14,19,22H,4-5,10,12H2,1H3/t14-,19-/m1/s1. The van der Waals surface area contributed by atoms with Crippen LogP contribution in [0, 0.1) is 0 Å². The molecule has 2 heterocycles. The van der Waals surface area contributed by atoms with E-state index in [0.717, 1.165) is 30.7 Å². The van der Waals surface area contributed by atoms with Gasteiger partial charge in [-0.15, -0.1) is 0 Å². The predicted octanol–water partition coefficient (Wildman–Crippen LogP) is 4.09. The summed E-state index contributed by atoms with van der Waals surface area (Å²) in [5, 5.41) is 4.03. The zero-order valence-electron chi connectivity index (χ0n) is 14.6. The van der Waals surface area contributed by atoms with Gasteiger partial charge in [-0.05, 0) is 43.2 Å². The second-order valence-corrected chi connectivity index (χ2v) is 6.98. The lowest BCUT2D eigenvalue weighted by molar-refractivity contribution is 0.0427. The van der Waals surface area contributed by atoms with E-state index in [1.807, 2.05) is 41.3 Å². The van der Waals surface area contributed by atoms with Gasteiger partial charge < -0.3 is 19.7 Å². The number of methoxy groups -OCH3 is 1. The van der Waals surface area contributed by atoms with Gasteiger partial charge in [0, 0.05) is 24.4 Å². The third-order valence-corrected chi connectivity index (χ3v) is 5.28. The lowest BCUT2D eigenvalue weighted by atomic mass is 10.0. The number of para-hydroxylation sites is 1. The summed E-state index contributed by atoms with van der Waals surface area (Å²) >= 11 is 6.51. The number of carbonyl (C=O) groups is 1. The highest BCUT2D eigenvalue weighted by atomic mass is 35.5. The first-order valence-corrected chi connectivity index (χ1v) is 9.17. The van der Waals surface area contributed by atoms with Crippen molar-refractivity contribution >= 4 is 23.2 Å². The Balaban J connectivity index is 1.73. The second kappa shape index (κ2) is 7.17. The number of hydrogen-bond donors (Lipinski definition) is 1. The van der Waals surface area contributed by atoms with Crippen LogP contribution >= 0.6 is 11.6 Å². The summed E-state index contributed by atoms with van der Waals surface area (Å²) in [4.78, 5) is 15.0. The van der Waals surface area contributed by atoms with Crippen molar-refractivity contribution in [1.82, 2.24) is 4.90 Å². The van der Waals surface area contributed by atoms with Gasteiger partial charge in [-0.25, -0.2) is 0 Å². The van der Waals surface area contributed by atoms with Crippen LogP contribution in [-0.4, -0.2) is 37.2 Å². The summed E-state index contributed by atoms with van der Waals surface area (Å²) in [6, 6.07) is 13.1. The number of benzene rings is 2. The summed E-state index contributed by atoms with van der Waals surface area (Å²) in [5.41, 5.74) is 2.33. The van der Waals surface area contributed by atoms with Crippen molar-refractivity contribution < 1.29 is 14.3 Å². The second-order valence-electron chi connectivity index (χ2n) is 6.57. The Morgan fingerprint density at radius 3 is 2.88 bits per heavy atom. The fourth-order valence-electron chi connectivity index (χ4n) is 3.59. The molecule has 0 aliphatic carbocycles. The molecule has 1 saturated heterocycles. The fourth-order valence-corrected chi connectivity index (χ4v) is 3.86. The number of amides is 1. The van der Waals surface area contributed by atoms with Gasteiger partial charge in [0.2, 0.25) is 0 Å². The Morgan fingerprint density at radius 1 is 1.31 bits per heavy atom. The smallest absolute Gasteiger partial charge is 0.257 e. The molecule has 0 saturated carbocycles. The van der Waals surface area contributed by atoms with Crippen molar-refractivity contribution in [2.24, 2.45) is 0 Å². The van der Waals surface area contributed by atoms with E-state index < -0.39 is 0 Å². The number of anilines is 1. The van der Waals surface area contributed by atoms with Crippen LogP contribution in [0.2, 0.25) is 5.02 Å². The molecule has 0 bridgehead atoms. The molecule has 2 aromatic rings. The molecule has 2 atom stereocenters. The molecule has 1 amide bonds. The molecule has 0 aromatic heterocycles. The average Bonchev–Trinajstić information content (AvgIpc) is 3.17. The first kappa shape index (κ1) is 17.2. The van der Waals surface area contributed by atoms with Crippen LogP contribution in [0.5, 0.6) is 5.75 Å². The van der Waals surface area contributed by atoms with Crippen LogP contribution in [0.3, 0.4) is 0 Å². The maximum absolute atomic E-state index is 13.2. The van der Waals surface area contributed by atoms with Gasteiger partial charge in [0.1, 0.15) is 11.9 Å². The quantitative estimate of drug-likeness (QED) is 0.878. The lowest BCUT2D eigenvalue weighted by Gasteiger charge is -2.39. The molecule has 136 valence electrons. The third-order valence-electron chi connectivity index (χ3n) is 4.95. The van der Waals surface area contributed by atoms with Gasteiger partial charge in [0.15, 0.2) is 0 Å². The van der Waals surface area contributed by atoms with Crippen LogP contribution in [0.1, 0.15) is 34.9 Å². The topological polar surface area (TPSA) is 50.8 Å². The van der Waals surface area contributed by atoms with E-state index in [0.29, 0.717) is 22.9 Å². The molecular weight excluding hydrogens is 352 g/mol. The molecule has 4 rings (SSSR count). The summed E-state index contributed by atoms with van der Waals surface area (Å²) in [6.07, 6.45) is 1.71. The highest BCUT2D eigenvalue weighted by molar-refractivity contribution is 6.31. The van der Waals surface area contributed by atoms with Gasteiger partial charge in [0.25, 0.3) is 5.91 Å². The molecule has 0 unspecified atom stereocenters. The molecule has 1 fully saturated rings. The number of nitrogens with zero attached hydrogens (tertiary/aromatic N) is 1. The molecule has 2 aliphatic rings. The molecule has 5 nitrogen and oxygen atoms in total. The molecule has 6 heteroatoms. The first-order chi connectivity index (χ1) is 12.7. The Labute approximate surface area is 157 Å². The normalized spacial score (nSPS) is 22.1. The van der Waals surface area contributed by atoms with E-state index >= 15 is 0 Å².